The molecule has 170 valence electrons. The highest BCUT2D eigenvalue weighted by atomic mass is 19.1. The Morgan fingerprint density at radius 3 is 2.45 bits per heavy atom. The lowest BCUT2D eigenvalue weighted by Crippen LogP contribution is -2.22. The lowest BCUT2D eigenvalue weighted by molar-refractivity contribution is -0.121. The van der Waals surface area contributed by atoms with Crippen LogP contribution >= 0.6 is 0 Å². The van der Waals surface area contributed by atoms with Gasteiger partial charge < -0.3 is 14.6 Å². The number of carbonyl (C=O) groups excluding carboxylic acids is 1. The summed E-state index contributed by atoms with van der Waals surface area (Å²) in [6.07, 6.45) is 3.19. The number of benzene rings is 3. The van der Waals surface area contributed by atoms with Gasteiger partial charge in [0.25, 0.3) is 0 Å². The molecule has 4 nitrogen and oxygen atoms in total. The smallest absolute Gasteiger partial charge is 0.220 e. The molecule has 0 bridgehead atoms. The highest BCUT2D eigenvalue weighted by Crippen LogP contribution is 2.24. The maximum atomic E-state index is 14.2. The van der Waals surface area contributed by atoms with Crippen molar-refractivity contribution in [3.8, 4) is 5.75 Å². The van der Waals surface area contributed by atoms with Crippen LogP contribution < -0.4 is 10.1 Å². The van der Waals surface area contributed by atoms with Crippen LogP contribution in [0.4, 0.5) is 4.39 Å². The second kappa shape index (κ2) is 10.3. The third kappa shape index (κ3) is 5.80. The number of aromatic nitrogens is 1. The lowest BCUT2D eigenvalue weighted by Gasteiger charge is -2.10. The molecule has 0 radical (unpaired) electrons. The van der Waals surface area contributed by atoms with Crippen molar-refractivity contribution in [2.24, 2.45) is 0 Å². The molecule has 1 aromatic heterocycles. The number of nitrogens with zero attached hydrogens (tertiary/aromatic N) is 1. The molecular weight excluding hydrogens is 415 g/mol. The SMILES string of the molecule is CC(C)Oc1ccc(CNC(=O)CCc2cn(Cc3ccccc3F)c3ccccc23)cc1. The fraction of sp³-hybridized carbons (Fsp3) is 0.250. The van der Waals surface area contributed by atoms with Crippen LogP contribution in [0.2, 0.25) is 0 Å². The van der Waals surface area contributed by atoms with E-state index < -0.39 is 0 Å². The van der Waals surface area contributed by atoms with Crippen molar-refractivity contribution in [3.05, 3.63) is 102 Å². The van der Waals surface area contributed by atoms with Gasteiger partial charge in [-0.1, -0.05) is 48.5 Å². The van der Waals surface area contributed by atoms with Crippen LogP contribution in [0.15, 0.2) is 79.0 Å². The third-order valence-corrected chi connectivity index (χ3v) is 5.58. The van der Waals surface area contributed by atoms with Gasteiger partial charge in [-0.15, -0.1) is 0 Å². The van der Waals surface area contributed by atoms with Crippen LogP contribution in [0.5, 0.6) is 5.75 Å². The van der Waals surface area contributed by atoms with Crippen molar-refractivity contribution >= 4 is 16.8 Å². The highest BCUT2D eigenvalue weighted by molar-refractivity contribution is 5.85. The molecule has 0 atom stereocenters. The Labute approximate surface area is 194 Å². The minimum atomic E-state index is -0.208. The molecule has 4 aromatic rings. The van der Waals surface area contributed by atoms with E-state index in [9.17, 15) is 9.18 Å². The van der Waals surface area contributed by atoms with E-state index in [2.05, 4.69) is 16.0 Å². The summed E-state index contributed by atoms with van der Waals surface area (Å²) in [5.74, 6) is 0.621. The zero-order chi connectivity index (χ0) is 23.2. The molecule has 3 aromatic carbocycles. The summed E-state index contributed by atoms with van der Waals surface area (Å²) < 4.78 is 21.9. The molecule has 0 aliphatic heterocycles. The van der Waals surface area contributed by atoms with E-state index in [0.717, 1.165) is 27.8 Å². The van der Waals surface area contributed by atoms with Gasteiger partial charge in [-0.25, -0.2) is 4.39 Å². The predicted molar refractivity (Wildman–Crippen MR) is 130 cm³/mol. The summed E-state index contributed by atoms with van der Waals surface area (Å²) in [4.78, 5) is 12.5. The number of carbonyl (C=O) groups is 1. The van der Waals surface area contributed by atoms with Gasteiger partial charge in [-0.3, -0.25) is 4.79 Å². The van der Waals surface area contributed by atoms with E-state index in [1.165, 1.54) is 6.07 Å². The molecule has 1 heterocycles. The first-order valence-electron chi connectivity index (χ1n) is 11.3. The number of amides is 1. The zero-order valence-corrected chi connectivity index (χ0v) is 19.1. The van der Waals surface area contributed by atoms with Gasteiger partial charge in [0.2, 0.25) is 5.91 Å². The first kappa shape index (κ1) is 22.6. The molecule has 0 fully saturated rings. The number of nitrogens with one attached hydrogen (secondary N) is 1. The molecule has 4 rings (SSSR count). The van der Waals surface area contributed by atoms with Gasteiger partial charge >= 0.3 is 0 Å². The van der Waals surface area contributed by atoms with Crippen LogP contribution in [-0.4, -0.2) is 16.6 Å². The largest absolute Gasteiger partial charge is 0.491 e. The van der Waals surface area contributed by atoms with Crippen LogP contribution in [0.25, 0.3) is 10.9 Å². The molecule has 1 N–H and O–H groups in total. The number of aryl methyl sites for hydroxylation is 1. The van der Waals surface area contributed by atoms with E-state index in [0.29, 0.717) is 31.5 Å². The number of rotatable bonds is 9. The van der Waals surface area contributed by atoms with Crippen LogP contribution in [0.1, 0.15) is 37.0 Å². The monoisotopic (exact) mass is 444 g/mol. The van der Waals surface area contributed by atoms with Crippen molar-refractivity contribution in [3.63, 3.8) is 0 Å². The quantitative estimate of drug-likeness (QED) is 0.351. The van der Waals surface area contributed by atoms with E-state index in [1.807, 2.05) is 68.6 Å². The summed E-state index contributed by atoms with van der Waals surface area (Å²) in [5, 5.41) is 4.09. The second-order valence-electron chi connectivity index (χ2n) is 8.48. The van der Waals surface area contributed by atoms with Gasteiger partial charge in [-0.05, 0) is 55.7 Å². The predicted octanol–water partition coefficient (Wildman–Crippen LogP) is 5.86. The fourth-order valence-electron chi connectivity index (χ4n) is 3.96. The standard InChI is InChI=1S/C28H29FN2O2/c1-20(2)33-24-14-11-21(12-15-24)17-30-28(32)16-13-22-18-31(27-10-6-4-8-25(22)27)19-23-7-3-5-9-26(23)29/h3-12,14-15,18,20H,13,16-17,19H2,1-2H3,(H,30,32). The van der Waals surface area contributed by atoms with E-state index in [1.54, 1.807) is 12.1 Å². The molecule has 0 aliphatic rings. The van der Waals surface area contributed by atoms with Gasteiger partial charge in [0.15, 0.2) is 0 Å². The fourth-order valence-corrected chi connectivity index (χ4v) is 3.96. The number of ether oxygens (including phenoxy) is 1. The summed E-state index contributed by atoms with van der Waals surface area (Å²) >= 11 is 0. The minimum absolute atomic E-state index is 0.00319. The van der Waals surface area contributed by atoms with Crippen molar-refractivity contribution < 1.29 is 13.9 Å². The molecule has 33 heavy (non-hydrogen) atoms. The van der Waals surface area contributed by atoms with E-state index in [-0.39, 0.29) is 17.8 Å². The Kier molecular flexibility index (Phi) is 7.08. The maximum absolute atomic E-state index is 14.2. The van der Waals surface area contributed by atoms with E-state index >= 15 is 0 Å². The summed E-state index contributed by atoms with van der Waals surface area (Å²) in [7, 11) is 0. The number of hydrogen-bond donors (Lipinski definition) is 1. The van der Waals surface area contributed by atoms with Gasteiger partial charge in [0.1, 0.15) is 11.6 Å². The van der Waals surface area contributed by atoms with E-state index in [4.69, 9.17) is 4.74 Å². The van der Waals surface area contributed by atoms with Gasteiger partial charge in [-0.2, -0.15) is 0 Å². The molecule has 0 saturated carbocycles. The van der Waals surface area contributed by atoms with Crippen molar-refractivity contribution in [1.82, 2.24) is 9.88 Å². The molecule has 0 saturated heterocycles. The molecule has 0 unspecified atom stereocenters. The molecule has 1 amide bonds. The Bertz CT molecular complexity index is 1230. The lowest BCUT2D eigenvalue weighted by atomic mass is 10.1. The van der Waals surface area contributed by atoms with Crippen molar-refractivity contribution in [2.45, 2.75) is 45.9 Å². The Hall–Kier alpha value is -3.60. The number of hydrogen-bond acceptors (Lipinski definition) is 2. The first-order chi connectivity index (χ1) is 16.0. The normalized spacial score (nSPS) is 11.2. The zero-order valence-electron chi connectivity index (χ0n) is 19.1. The summed E-state index contributed by atoms with van der Waals surface area (Å²) in [5.41, 5.74) is 3.81. The molecule has 5 heteroatoms. The summed E-state index contributed by atoms with van der Waals surface area (Å²) in [6.45, 7) is 4.92. The van der Waals surface area contributed by atoms with Gasteiger partial charge in [0.05, 0.1) is 12.6 Å². The second-order valence-corrected chi connectivity index (χ2v) is 8.48. The Balaban J connectivity index is 1.38. The van der Waals surface area contributed by atoms with Crippen molar-refractivity contribution in [1.29, 1.82) is 0 Å². The van der Waals surface area contributed by atoms with Crippen LogP contribution in [-0.2, 0) is 24.3 Å². The Morgan fingerprint density at radius 1 is 0.970 bits per heavy atom. The van der Waals surface area contributed by atoms with Gasteiger partial charge in [0, 0.05) is 35.6 Å². The van der Waals surface area contributed by atoms with Crippen LogP contribution in [0.3, 0.4) is 0 Å². The number of fused-ring (bicyclic) bond motifs is 1. The van der Waals surface area contributed by atoms with Crippen LogP contribution in [0, 0.1) is 5.82 Å². The molecular formula is C28H29FN2O2. The highest BCUT2D eigenvalue weighted by Gasteiger charge is 2.12. The number of halogens is 1. The summed E-state index contributed by atoms with van der Waals surface area (Å²) in [6, 6.07) is 22.7. The van der Waals surface area contributed by atoms with Crippen molar-refractivity contribution in [2.75, 3.05) is 0 Å². The topological polar surface area (TPSA) is 43.3 Å². The Morgan fingerprint density at radius 2 is 1.70 bits per heavy atom. The number of para-hydroxylation sites is 1. The third-order valence-electron chi connectivity index (χ3n) is 5.58. The molecule has 0 aliphatic carbocycles. The molecule has 0 spiro atoms. The average Bonchev–Trinajstić information content (AvgIpc) is 3.16. The average molecular weight is 445 g/mol. The first-order valence-corrected chi connectivity index (χ1v) is 11.3. The minimum Gasteiger partial charge on any atom is -0.491 e. The maximum Gasteiger partial charge on any atom is 0.220 e.